The van der Waals surface area contributed by atoms with Crippen molar-refractivity contribution in [3.63, 3.8) is 0 Å². The van der Waals surface area contributed by atoms with Crippen molar-refractivity contribution in [3.8, 4) is 11.3 Å². The number of aromatic nitrogens is 2. The van der Waals surface area contributed by atoms with Crippen molar-refractivity contribution < 1.29 is 36.3 Å². The van der Waals surface area contributed by atoms with E-state index in [2.05, 4.69) is 9.97 Å². The van der Waals surface area contributed by atoms with Gasteiger partial charge in [0.05, 0.1) is 18.1 Å². The minimum atomic E-state index is -4.65. The number of Topliss-reactive ketones (excluding diaryl/α,β-unsaturated/α-hetero) is 1. The Morgan fingerprint density at radius 3 is 2.41 bits per heavy atom. The highest BCUT2D eigenvalue weighted by Crippen LogP contribution is 2.29. The van der Waals surface area contributed by atoms with Gasteiger partial charge in [-0.15, -0.1) is 0 Å². The summed E-state index contributed by atoms with van der Waals surface area (Å²) in [6.45, 7) is 5.02. The van der Waals surface area contributed by atoms with Gasteiger partial charge in [-0.25, -0.2) is 18.6 Å². The quantitative estimate of drug-likeness (QED) is 0.548. The van der Waals surface area contributed by atoms with E-state index in [0.717, 1.165) is 17.2 Å². The summed E-state index contributed by atoms with van der Waals surface area (Å²) in [5.74, 6) is -1.21. The molecule has 0 N–H and O–H groups in total. The van der Waals surface area contributed by atoms with Gasteiger partial charge < -0.3 is 4.74 Å². The van der Waals surface area contributed by atoms with Crippen molar-refractivity contribution in [1.82, 2.24) is 14.9 Å². The van der Waals surface area contributed by atoms with Crippen LogP contribution in [0.1, 0.15) is 44.9 Å². The summed E-state index contributed by atoms with van der Waals surface area (Å²) >= 11 is 0. The van der Waals surface area contributed by atoms with Crippen molar-refractivity contribution in [3.05, 3.63) is 47.7 Å². The maximum Gasteiger partial charge on any atom is 0.434 e. The van der Waals surface area contributed by atoms with E-state index in [1.54, 1.807) is 20.8 Å². The minimum absolute atomic E-state index is 0.00630. The lowest BCUT2D eigenvalue weighted by atomic mass is 9.99. The van der Waals surface area contributed by atoms with E-state index < -0.39 is 47.4 Å². The number of rotatable bonds is 5. The molecule has 1 aliphatic rings. The lowest BCUT2D eigenvalue weighted by Crippen LogP contribution is -2.46. The van der Waals surface area contributed by atoms with E-state index in [1.807, 2.05) is 0 Å². The molecule has 1 saturated heterocycles. The van der Waals surface area contributed by atoms with E-state index in [0.29, 0.717) is 11.8 Å². The fraction of sp³-hybridized carbons (Fsp3) is 0.478. The molecule has 3 rings (SSSR count). The second-order valence-corrected chi connectivity index (χ2v) is 9.02. The molecule has 2 heterocycles. The molecule has 0 radical (unpaired) electrons. The molecular weight excluding hydrogens is 461 g/mol. The number of halogens is 5. The molecule has 0 aliphatic carbocycles. The van der Waals surface area contributed by atoms with Crippen LogP contribution in [0.2, 0.25) is 0 Å². The summed E-state index contributed by atoms with van der Waals surface area (Å²) in [5, 5.41) is 0. The number of aryl methyl sites for hydroxylation is 1. The third-order valence-corrected chi connectivity index (χ3v) is 5.14. The summed E-state index contributed by atoms with van der Waals surface area (Å²) in [5.41, 5.74) is -1.41. The Labute approximate surface area is 193 Å². The van der Waals surface area contributed by atoms with E-state index in [9.17, 15) is 31.5 Å². The van der Waals surface area contributed by atoms with Gasteiger partial charge in [0, 0.05) is 18.5 Å². The molecule has 6 nitrogen and oxygen atoms in total. The zero-order valence-corrected chi connectivity index (χ0v) is 18.8. The van der Waals surface area contributed by atoms with E-state index in [-0.39, 0.29) is 37.1 Å². The smallest absolute Gasteiger partial charge is 0.434 e. The van der Waals surface area contributed by atoms with Crippen LogP contribution in [0.4, 0.5) is 26.7 Å². The van der Waals surface area contributed by atoms with Crippen molar-refractivity contribution in [2.24, 2.45) is 0 Å². The molecule has 0 spiro atoms. The maximum atomic E-state index is 14.4. The zero-order valence-electron chi connectivity index (χ0n) is 18.8. The van der Waals surface area contributed by atoms with Crippen LogP contribution < -0.4 is 0 Å². The largest absolute Gasteiger partial charge is 0.444 e. The molecule has 0 unspecified atom stereocenters. The molecule has 2 aromatic rings. The van der Waals surface area contributed by atoms with Gasteiger partial charge in [0.2, 0.25) is 0 Å². The molecule has 34 heavy (non-hydrogen) atoms. The number of carbonyl (C=O) groups excluding carboxylic acids is 2. The highest BCUT2D eigenvalue weighted by atomic mass is 19.4. The lowest BCUT2D eigenvalue weighted by Gasteiger charge is -2.28. The van der Waals surface area contributed by atoms with Crippen molar-refractivity contribution >= 4 is 11.9 Å². The summed E-state index contributed by atoms with van der Waals surface area (Å²) < 4.78 is 71.9. The van der Waals surface area contributed by atoms with Gasteiger partial charge in [-0.3, -0.25) is 14.7 Å². The van der Waals surface area contributed by atoms with Crippen molar-refractivity contribution in [2.45, 2.75) is 64.0 Å². The van der Waals surface area contributed by atoms with Crippen LogP contribution in [0.3, 0.4) is 0 Å². The Hall–Kier alpha value is -3.11. The monoisotopic (exact) mass is 485 g/mol. The number of ketones is 1. The summed E-state index contributed by atoms with van der Waals surface area (Å²) in [7, 11) is 0. The summed E-state index contributed by atoms with van der Waals surface area (Å²) in [6.07, 6.45) is -5.67. The molecule has 11 heteroatoms. The number of ether oxygens (including phenoxy) is 1. The van der Waals surface area contributed by atoms with E-state index >= 15 is 0 Å². The standard InChI is InChI=1S/C23H24F5N3O3/c1-22(2,3)34-21(33)31-7-6-16(25)20(31)18(32)5-4-13-8-14(10-15(24)9-13)17-11-30-19(12-29-17)23(26,27)28/h8-12,16,20H,4-7H2,1-3H3/t16-,20-/m0/s1. The fourth-order valence-corrected chi connectivity index (χ4v) is 3.64. The molecule has 0 bridgehead atoms. The minimum Gasteiger partial charge on any atom is -0.444 e. The van der Waals surface area contributed by atoms with Gasteiger partial charge in [-0.05, 0) is 57.4 Å². The molecule has 184 valence electrons. The Kier molecular flexibility index (Phi) is 7.23. The van der Waals surface area contributed by atoms with Gasteiger partial charge in [0.15, 0.2) is 11.5 Å². The first-order chi connectivity index (χ1) is 15.7. The molecule has 1 aromatic heterocycles. The normalized spacial score (nSPS) is 18.8. The number of carbonyl (C=O) groups is 2. The zero-order chi connectivity index (χ0) is 25.3. The third kappa shape index (κ3) is 6.27. The second kappa shape index (κ2) is 9.63. The highest BCUT2D eigenvalue weighted by Gasteiger charge is 2.43. The van der Waals surface area contributed by atoms with Crippen LogP contribution in [0.15, 0.2) is 30.6 Å². The van der Waals surface area contributed by atoms with Crippen LogP contribution in [0, 0.1) is 5.82 Å². The molecular formula is C23H24F5N3O3. The van der Waals surface area contributed by atoms with Crippen LogP contribution in [-0.4, -0.2) is 51.1 Å². The molecule has 1 amide bonds. The third-order valence-electron chi connectivity index (χ3n) is 5.14. The molecule has 1 aromatic carbocycles. The van der Waals surface area contributed by atoms with Crippen LogP contribution in [0.25, 0.3) is 11.3 Å². The Morgan fingerprint density at radius 2 is 1.82 bits per heavy atom. The fourth-order valence-electron chi connectivity index (χ4n) is 3.64. The number of hydrogen-bond donors (Lipinski definition) is 0. The highest BCUT2D eigenvalue weighted by molar-refractivity contribution is 5.89. The predicted molar refractivity (Wildman–Crippen MR) is 112 cm³/mol. The second-order valence-electron chi connectivity index (χ2n) is 9.02. The molecule has 0 saturated carbocycles. The van der Waals surface area contributed by atoms with Crippen LogP contribution in [-0.2, 0) is 22.1 Å². The van der Waals surface area contributed by atoms with Gasteiger partial charge >= 0.3 is 12.3 Å². The Morgan fingerprint density at radius 1 is 1.12 bits per heavy atom. The summed E-state index contributed by atoms with van der Waals surface area (Å²) in [6, 6.07) is 2.44. The van der Waals surface area contributed by atoms with Crippen LogP contribution in [0.5, 0.6) is 0 Å². The average molecular weight is 485 g/mol. The first-order valence-corrected chi connectivity index (χ1v) is 10.6. The average Bonchev–Trinajstić information content (AvgIpc) is 3.11. The molecule has 2 atom stereocenters. The van der Waals surface area contributed by atoms with Gasteiger partial charge in [0.25, 0.3) is 0 Å². The summed E-state index contributed by atoms with van der Waals surface area (Å²) in [4.78, 5) is 33.2. The Bertz CT molecular complexity index is 1050. The lowest BCUT2D eigenvalue weighted by molar-refractivity contribution is -0.141. The first kappa shape index (κ1) is 25.5. The Balaban J connectivity index is 1.72. The van der Waals surface area contributed by atoms with Gasteiger partial charge in [0.1, 0.15) is 23.6 Å². The van der Waals surface area contributed by atoms with Crippen molar-refractivity contribution in [2.75, 3.05) is 6.54 Å². The van der Waals surface area contributed by atoms with Gasteiger partial charge in [-0.1, -0.05) is 0 Å². The van der Waals surface area contributed by atoms with E-state index in [1.165, 1.54) is 12.1 Å². The van der Waals surface area contributed by atoms with Crippen LogP contribution >= 0.6 is 0 Å². The first-order valence-electron chi connectivity index (χ1n) is 10.6. The number of hydrogen-bond acceptors (Lipinski definition) is 5. The number of benzene rings is 1. The molecule has 1 fully saturated rings. The number of amides is 1. The molecule has 1 aliphatic heterocycles. The van der Waals surface area contributed by atoms with Crippen molar-refractivity contribution in [1.29, 1.82) is 0 Å². The number of likely N-dealkylation sites (tertiary alicyclic amines) is 1. The van der Waals surface area contributed by atoms with E-state index in [4.69, 9.17) is 4.74 Å². The topological polar surface area (TPSA) is 72.4 Å². The number of alkyl halides is 4. The van der Waals surface area contributed by atoms with Gasteiger partial charge in [-0.2, -0.15) is 13.2 Å². The SMILES string of the molecule is CC(C)(C)OC(=O)N1CC[C@H](F)[C@H]1C(=O)CCc1cc(F)cc(-c2cnc(C(F)(F)F)cn2)c1. The predicted octanol–water partition coefficient (Wildman–Crippen LogP) is 5.15. The maximum absolute atomic E-state index is 14.4. The number of nitrogens with zero attached hydrogens (tertiary/aromatic N) is 3.